The summed E-state index contributed by atoms with van der Waals surface area (Å²) in [6, 6.07) is 0. The third-order valence-electron chi connectivity index (χ3n) is 3.02. The van der Waals surface area contributed by atoms with E-state index in [1.54, 1.807) is 23.9 Å². The van der Waals surface area contributed by atoms with E-state index in [0.29, 0.717) is 17.4 Å². The zero-order chi connectivity index (χ0) is 14.9. The Bertz CT molecular complexity index is 732. The van der Waals surface area contributed by atoms with E-state index in [-0.39, 0.29) is 5.54 Å². The van der Waals surface area contributed by atoms with Gasteiger partial charge in [-0.05, 0) is 20.8 Å². The van der Waals surface area contributed by atoms with Gasteiger partial charge in [0.15, 0.2) is 11.5 Å². The number of imidazole rings is 1. The monoisotopic (exact) mass is 303 g/mol. The third kappa shape index (κ3) is 2.66. The average molecular weight is 303 g/mol. The number of aromatic nitrogens is 5. The van der Waals surface area contributed by atoms with Crippen LogP contribution in [-0.4, -0.2) is 31.5 Å². The first-order valence-electron chi connectivity index (χ1n) is 6.73. The minimum Gasteiger partial charge on any atom is -0.357 e. The Morgan fingerprint density at radius 2 is 2.14 bits per heavy atom. The van der Waals surface area contributed by atoms with Crippen molar-refractivity contribution in [2.24, 2.45) is 0 Å². The van der Waals surface area contributed by atoms with E-state index in [1.807, 2.05) is 12.3 Å². The van der Waals surface area contributed by atoms with Gasteiger partial charge >= 0.3 is 0 Å². The fourth-order valence-corrected chi connectivity index (χ4v) is 2.76. The fraction of sp³-hybridized carbons (Fsp3) is 0.385. The molecule has 0 aliphatic heterocycles. The van der Waals surface area contributed by atoms with Gasteiger partial charge < -0.3 is 15.6 Å². The molecule has 0 aliphatic carbocycles. The first-order valence-corrected chi connectivity index (χ1v) is 7.61. The van der Waals surface area contributed by atoms with Gasteiger partial charge in [0.1, 0.15) is 10.5 Å². The molecule has 8 heteroatoms. The molecule has 0 unspecified atom stereocenters. The average Bonchev–Trinajstić information content (AvgIpc) is 3.10. The smallest absolute Gasteiger partial charge is 0.226 e. The molecule has 0 aromatic carbocycles. The molecule has 0 saturated carbocycles. The van der Waals surface area contributed by atoms with Crippen LogP contribution in [0.15, 0.2) is 17.9 Å². The van der Waals surface area contributed by atoms with E-state index < -0.39 is 0 Å². The van der Waals surface area contributed by atoms with Crippen molar-refractivity contribution in [2.45, 2.75) is 26.3 Å². The Morgan fingerprint density at radius 3 is 2.86 bits per heavy atom. The van der Waals surface area contributed by atoms with Crippen molar-refractivity contribution < 1.29 is 0 Å². The molecule has 3 heterocycles. The largest absolute Gasteiger partial charge is 0.357 e. The highest BCUT2D eigenvalue weighted by atomic mass is 32.1. The van der Waals surface area contributed by atoms with Crippen LogP contribution in [0.25, 0.3) is 11.2 Å². The lowest BCUT2D eigenvalue weighted by molar-refractivity contribution is 0.601. The van der Waals surface area contributed by atoms with Gasteiger partial charge in [0.25, 0.3) is 0 Å². The number of H-pyrrole nitrogens is 1. The van der Waals surface area contributed by atoms with Gasteiger partial charge in [0.05, 0.1) is 11.9 Å². The summed E-state index contributed by atoms with van der Waals surface area (Å²) in [5.41, 5.74) is 1.10. The summed E-state index contributed by atoms with van der Waals surface area (Å²) in [5.74, 6) is 1.28. The van der Waals surface area contributed by atoms with Crippen molar-refractivity contribution >= 4 is 34.3 Å². The van der Waals surface area contributed by atoms with E-state index in [2.05, 4.69) is 49.4 Å². The number of hydrogen-bond donors (Lipinski definition) is 3. The van der Waals surface area contributed by atoms with Gasteiger partial charge in [-0.2, -0.15) is 9.97 Å². The SMILES string of the molecule is CCNc1nc(NC(C)(C)c2nccs2)c2[nH]cnc2n1. The Labute approximate surface area is 126 Å². The number of nitrogens with one attached hydrogen (secondary N) is 3. The topological polar surface area (TPSA) is 91.4 Å². The number of aromatic amines is 1. The molecule has 0 saturated heterocycles. The normalized spacial score (nSPS) is 11.8. The molecule has 3 N–H and O–H groups in total. The van der Waals surface area contributed by atoms with Crippen molar-refractivity contribution in [2.75, 3.05) is 17.2 Å². The number of anilines is 2. The quantitative estimate of drug-likeness (QED) is 0.671. The van der Waals surface area contributed by atoms with Crippen LogP contribution in [0.3, 0.4) is 0 Å². The minimum atomic E-state index is -0.329. The van der Waals surface area contributed by atoms with Crippen LogP contribution in [0.5, 0.6) is 0 Å². The summed E-state index contributed by atoms with van der Waals surface area (Å²) in [4.78, 5) is 20.6. The maximum Gasteiger partial charge on any atom is 0.226 e. The molecule has 110 valence electrons. The zero-order valence-electron chi connectivity index (χ0n) is 12.1. The fourth-order valence-electron chi connectivity index (χ4n) is 2.04. The van der Waals surface area contributed by atoms with Crippen LogP contribution < -0.4 is 10.6 Å². The van der Waals surface area contributed by atoms with Crippen molar-refractivity contribution in [1.29, 1.82) is 0 Å². The van der Waals surface area contributed by atoms with Crippen LogP contribution >= 0.6 is 11.3 Å². The number of hydrogen-bond acceptors (Lipinski definition) is 7. The zero-order valence-corrected chi connectivity index (χ0v) is 13.0. The number of rotatable bonds is 5. The van der Waals surface area contributed by atoms with Crippen molar-refractivity contribution in [3.05, 3.63) is 22.9 Å². The van der Waals surface area contributed by atoms with E-state index in [9.17, 15) is 0 Å². The maximum absolute atomic E-state index is 4.53. The number of fused-ring (bicyclic) bond motifs is 1. The first-order chi connectivity index (χ1) is 10.1. The van der Waals surface area contributed by atoms with Crippen LogP contribution in [-0.2, 0) is 5.54 Å². The summed E-state index contributed by atoms with van der Waals surface area (Å²) in [5, 5.41) is 9.52. The summed E-state index contributed by atoms with van der Waals surface area (Å²) < 4.78 is 0. The molecular weight excluding hydrogens is 286 g/mol. The number of thiazole rings is 1. The Hall–Kier alpha value is -2.22. The molecule has 0 radical (unpaired) electrons. The van der Waals surface area contributed by atoms with Crippen LogP contribution in [0.2, 0.25) is 0 Å². The Balaban J connectivity index is 2.01. The molecule has 0 amide bonds. The first kappa shape index (κ1) is 13.7. The molecule has 0 bridgehead atoms. The van der Waals surface area contributed by atoms with E-state index >= 15 is 0 Å². The summed E-state index contributed by atoms with van der Waals surface area (Å²) in [6.45, 7) is 6.90. The highest BCUT2D eigenvalue weighted by Crippen LogP contribution is 2.29. The van der Waals surface area contributed by atoms with E-state index in [0.717, 1.165) is 17.1 Å². The standard InChI is InChI=1S/C13H17N7S/c1-4-14-12-18-9-8(16-7-17-9)10(19-12)20-13(2,3)11-15-5-6-21-11/h5-7H,4H2,1-3H3,(H3,14,16,17,18,19,20). The van der Waals surface area contributed by atoms with Gasteiger partial charge in [-0.15, -0.1) is 11.3 Å². The lowest BCUT2D eigenvalue weighted by Gasteiger charge is -2.24. The lowest BCUT2D eigenvalue weighted by Crippen LogP contribution is -2.28. The lowest BCUT2D eigenvalue weighted by atomic mass is 10.1. The van der Waals surface area contributed by atoms with Crippen LogP contribution in [0.4, 0.5) is 11.8 Å². The van der Waals surface area contributed by atoms with Crippen LogP contribution in [0, 0.1) is 0 Å². The van der Waals surface area contributed by atoms with E-state index in [1.165, 1.54) is 0 Å². The van der Waals surface area contributed by atoms with Crippen LogP contribution in [0.1, 0.15) is 25.8 Å². The van der Waals surface area contributed by atoms with E-state index in [4.69, 9.17) is 0 Å². The second-order valence-corrected chi connectivity index (χ2v) is 6.01. The Morgan fingerprint density at radius 1 is 1.29 bits per heavy atom. The molecule has 0 atom stereocenters. The van der Waals surface area contributed by atoms with Gasteiger partial charge in [-0.3, -0.25) is 0 Å². The predicted molar refractivity (Wildman–Crippen MR) is 84.6 cm³/mol. The van der Waals surface area contributed by atoms with Gasteiger partial charge in [0.2, 0.25) is 5.95 Å². The summed E-state index contributed by atoms with van der Waals surface area (Å²) >= 11 is 1.61. The molecule has 0 fully saturated rings. The molecule has 3 aromatic rings. The molecule has 3 rings (SSSR count). The van der Waals surface area contributed by atoms with Gasteiger partial charge in [-0.25, -0.2) is 9.97 Å². The van der Waals surface area contributed by atoms with Crippen molar-refractivity contribution in [1.82, 2.24) is 24.9 Å². The highest BCUT2D eigenvalue weighted by molar-refractivity contribution is 7.09. The maximum atomic E-state index is 4.53. The molecule has 7 nitrogen and oxygen atoms in total. The summed E-state index contributed by atoms with van der Waals surface area (Å²) in [7, 11) is 0. The summed E-state index contributed by atoms with van der Waals surface area (Å²) in [6.07, 6.45) is 3.43. The molecule has 3 aromatic heterocycles. The number of nitrogens with zero attached hydrogens (tertiary/aromatic N) is 4. The molecule has 0 spiro atoms. The van der Waals surface area contributed by atoms with Gasteiger partial charge in [0, 0.05) is 18.1 Å². The third-order valence-corrected chi connectivity index (χ3v) is 4.12. The second-order valence-electron chi connectivity index (χ2n) is 5.11. The Kier molecular flexibility index (Phi) is 3.46. The van der Waals surface area contributed by atoms with Crippen molar-refractivity contribution in [3.8, 4) is 0 Å². The minimum absolute atomic E-state index is 0.329. The molecular formula is C13H17N7S. The van der Waals surface area contributed by atoms with Gasteiger partial charge in [-0.1, -0.05) is 0 Å². The molecule has 0 aliphatic rings. The predicted octanol–water partition coefficient (Wildman–Crippen LogP) is 2.59. The second kappa shape index (κ2) is 5.28. The molecule has 21 heavy (non-hydrogen) atoms. The highest BCUT2D eigenvalue weighted by Gasteiger charge is 2.25. The van der Waals surface area contributed by atoms with Crippen molar-refractivity contribution in [3.63, 3.8) is 0 Å².